The maximum atomic E-state index is 4.06. The molecule has 58 valence electrons. The Bertz CT molecular complexity index is 257. The van der Waals surface area contributed by atoms with Crippen molar-refractivity contribution < 1.29 is 0 Å². The Balaban J connectivity index is 2.89. The lowest BCUT2D eigenvalue weighted by Gasteiger charge is -1.98. The molecular weight excluding hydrogens is 138 g/mol. The van der Waals surface area contributed by atoms with Crippen LogP contribution in [0.1, 0.15) is 6.92 Å². The molecule has 0 unspecified atom stereocenters. The highest BCUT2D eigenvalue weighted by Crippen LogP contribution is 1.97. The number of allylic oxidation sites excluding steroid dienone is 2. The zero-order chi connectivity index (χ0) is 8.10. The lowest BCUT2D eigenvalue weighted by atomic mass is 10.4. The van der Waals surface area contributed by atoms with Gasteiger partial charge in [-0.25, -0.2) is 4.68 Å². The van der Waals surface area contributed by atoms with Gasteiger partial charge in [0, 0.05) is 25.7 Å². The first kappa shape index (κ1) is 7.72. The second-order valence-corrected chi connectivity index (χ2v) is 2.05. The van der Waals surface area contributed by atoms with Gasteiger partial charge in [0.2, 0.25) is 0 Å². The van der Waals surface area contributed by atoms with Crippen LogP contribution in [-0.2, 0) is 0 Å². The highest BCUT2D eigenvalue weighted by atomic mass is 15.3. The first-order valence-electron chi connectivity index (χ1n) is 3.47. The summed E-state index contributed by atoms with van der Waals surface area (Å²) < 4.78 is 1.77. The van der Waals surface area contributed by atoms with Crippen molar-refractivity contribution in [3.8, 4) is 0 Å². The Morgan fingerprint density at radius 1 is 1.64 bits per heavy atom. The molecule has 1 aromatic heterocycles. The molecule has 0 amide bonds. The molecule has 0 saturated carbocycles. The Labute approximate surface area is 66.1 Å². The maximum absolute atomic E-state index is 4.06. The van der Waals surface area contributed by atoms with E-state index in [1.54, 1.807) is 24.1 Å². The average Bonchev–Trinajstić information content (AvgIpc) is 2.52. The molecular formula is C8H11N3. The minimum Gasteiger partial charge on any atom is -0.294 e. The van der Waals surface area contributed by atoms with Gasteiger partial charge in [-0.15, -0.1) is 0 Å². The van der Waals surface area contributed by atoms with Gasteiger partial charge in [-0.3, -0.25) is 4.99 Å². The summed E-state index contributed by atoms with van der Waals surface area (Å²) in [6.45, 7) is 1.96. The van der Waals surface area contributed by atoms with E-state index < -0.39 is 0 Å². The van der Waals surface area contributed by atoms with Crippen LogP contribution in [0, 0.1) is 0 Å². The number of nitrogens with zero attached hydrogens (tertiary/aromatic N) is 3. The zero-order valence-electron chi connectivity index (χ0n) is 6.73. The van der Waals surface area contributed by atoms with Crippen molar-refractivity contribution in [1.82, 2.24) is 9.78 Å². The summed E-state index contributed by atoms with van der Waals surface area (Å²) in [7, 11) is 1.74. The largest absolute Gasteiger partial charge is 0.294 e. The summed E-state index contributed by atoms with van der Waals surface area (Å²) in [6, 6.07) is 1.88. The predicted octanol–water partition coefficient (Wildman–Crippen LogP) is 1.44. The summed E-state index contributed by atoms with van der Waals surface area (Å²) in [5, 5.41) is 4.06. The van der Waals surface area contributed by atoms with Gasteiger partial charge in [0.15, 0.2) is 0 Å². The van der Waals surface area contributed by atoms with Gasteiger partial charge < -0.3 is 0 Å². The van der Waals surface area contributed by atoms with Gasteiger partial charge in [-0.1, -0.05) is 6.08 Å². The summed E-state index contributed by atoms with van der Waals surface area (Å²) in [5.74, 6) is 0. The quantitative estimate of drug-likeness (QED) is 0.585. The van der Waals surface area contributed by atoms with Crippen LogP contribution in [0.3, 0.4) is 0 Å². The molecule has 0 atom stereocenters. The maximum Gasteiger partial charge on any atom is 0.0780 e. The van der Waals surface area contributed by atoms with Crippen LogP contribution in [0.5, 0.6) is 0 Å². The molecule has 0 spiro atoms. The minimum absolute atomic E-state index is 0.984. The van der Waals surface area contributed by atoms with E-state index in [-0.39, 0.29) is 0 Å². The smallest absolute Gasteiger partial charge is 0.0780 e. The Kier molecular flexibility index (Phi) is 2.60. The summed E-state index contributed by atoms with van der Waals surface area (Å²) in [5.41, 5.74) is 0.984. The van der Waals surface area contributed by atoms with E-state index in [2.05, 4.69) is 10.1 Å². The number of hydrogen-bond acceptors (Lipinski definition) is 2. The second-order valence-electron chi connectivity index (χ2n) is 2.05. The van der Waals surface area contributed by atoms with Crippen LogP contribution < -0.4 is 0 Å². The van der Waals surface area contributed by atoms with Crippen LogP contribution in [0.2, 0.25) is 0 Å². The lowest BCUT2D eigenvalue weighted by molar-refractivity contribution is 0.918. The third-order valence-electron chi connectivity index (χ3n) is 1.33. The zero-order valence-corrected chi connectivity index (χ0v) is 6.73. The molecule has 1 heterocycles. The van der Waals surface area contributed by atoms with Crippen molar-refractivity contribution >= 4 is 11.9 Å². The molecule has 0 radical (unpaired) electrons. The Morgan fingerprint density at radius 3 is 2.91 bits per heavy atom. The molecule has 1 rings (SSSR count). The standard InChI is InChI=1S/C8H11N3/c1-3-8(7-9-2)11-6-4-5-10-11/h3-7H,1-2H3. The molecule has 0 aromatic carbocycles. The van der Waals surface area contributed by atoms with Gasteiger partial charge in [0.1, 0.15) is 0 Å². The summed E-state index contributed by atoms with van der Waals surface area (Å²) in [6.07, 6.45) is 7.36. The highest BCUT2D eigenvalue weighted by Gasteiger charge is 1.92. The van der Waals surface area contributed by atoms with Gasteiger partial charge in [-0.2, -0.15) is 5.10 Å². The molecule has 0 saturated heterocycles. The van der Waals surface area contributed by atoms with E-state index in [1.807, 2.05) is 25.3 Å². The fourth-order valence-corrected chi connectivity index (χ4v) is 0.820. The molecule has 3 nitrogen and oxygen atoms in total. The van der Waals surface area contributed by atoms with E-state index in [4.69, 9.17) is 0 Å². The van der Waals surface area contributed by atoms with E-state index in [0.717, 1.165) is 5.70 Å². The van der Waals surface area contributed by atoms with Crippen molar-refractivity contribution in [2.75, 3.05) is 7.05 Å². The number of aromatic nitrogens is 2. The SMILES string of the molecule is CC=C(C=NC)n1cccn1. The van der Waals surface area contributed by atoms with Gasteiger partial charge >= 0.3 is 0 Å². The van der Waals surface area contributed by atoms with Gasteiger partial charge in [0.25, 0.3) is 0 Å². The van der Waals surface area contributed by atoms with E-state index in [9.17, 15) is 0 Å². The first-order valence-corrected chi connectivity index (χ1v) is 3.47. The Hall–Kier alpha value is -1.38. The molecule has 0 N–H and O–H groups in total. The van der Waals surface area contributed by atoms with Crippen LogP contribution in [0.25, 0.3) is 5.70 Å². The molecule has 0 aliphatic rings. The highest BCUT2D eigenvalue weighted by molar-refractivity contribution is 6.01. The molecule has 0 bridgehead atoms. The van der Waals surface area contributed by atoms with E-state index in [1.165, 1.54) is 0 Å². The number of aliphatic imine (C=N–C) groups is 1. The topological polar surface area (TPSA) is 30.2 Å². The van der Waals surface area contributed by atoms with Crippen molar-refractivity contribution in [2.45, 2.75) is 6.92 Å². The lowest BCUT2D eigenvalue weighted by Crippen LogP contribution is -1.97. The van der Waals surface area contributed by atoms with Crippen LogP contribution in [0.15, 0.2) is 29.5 Å². The predicted molar refractivity (Wildman–Crippen MR) is 46.6 cm³/mol. The Morgan fingerprint density at radius 2 is 2.45 bits per heavy atom. The van der Waals surface area contributed by atoms with Gasteiger partial charge in [-0.05, 0) is 13.0 Å². The van der Waals surface area contributed by atoms with E-state index >= 15 is 0 Å². The third-order valence-corrected chi connectivity index (χ3v) is 1.33. The third kappa shape index (κ3) is 1.77. The minimum atomic E-state index is 0.984. The van der Waals surface area contributed by atoms with Crippen molar-refractivity contribution in [2.24, 2.45) is 4.99 Å². The molecule has 0 aliphatic heterocycles. The summed E-state index contributed by atoms with van der Waals surface area (Å²) >= 11 is 0. The average molecular weight is 149 g/mol. The van der Waals surface area contributed by atoms with Crippen molar-refractivity contribution in [1.29, 1.82) is 0 Å². The van der Waals surface area contributed by atoms with Crippen molar-refractivity contribution in [3.05, 3.63) is 24.5 Å². The molecule has 11 heavy (non-hydrogen) atoms. The number of rotatable bonds is 2. The fourth-order valence-electron chi connectivity index (χ4n) is 0.820. The fraction of sp³-hybridized carbons (Fsp3) is 0.250. The molecule has 3 heteroatoms. The van der Waals surface area contributed by atoms with Crippen molar-refractivity contribution in [3.63, 3.8) is 0 Å². The van der Waals surface area contributed by atoms with Crippen LogP contribution in [0.4, 0.5) is 0 Å². The summed E-state index contributed by atoms with van der Waals surface area (Å²) in [4.78, 5) is 3.91. The van der Waals surface area contributed by atoms with Gasteiger partial charge in [0.05, 0.1) is 5.70 Å². The molecule has 1 aromatic rings. The van der Waals surface area contributed by atoms with Crippen LogP contribution in [-0.4, -0.2) is 23.0 Å². The normalized spacial score (nSPS) is 12.7. The number of hydrogen-bond donors (Lipinski definition) is 0. The van der Waals surface area contributed by atoms with E-state index in [0.29, 0.717) is 0 Å². The first-order chi connectivity index (χ1) is 5.38. The van der Waals surface area contributed by atoms with Crippen LogP contribution >= 0.6 is 0 Å². The molecule has 0 fully saturated rings. The molecule has 0 aliphatic carbocycles. The monoisotopic (exact) mass is 149 g/mol. The second kappa shape index (κ2) is 3.71.